The second kappa shape index (κ2) is 8.64. The molecule has 0 atom stereocenters. The number of hydrogen-bond acceptors (Lipinski definition) is 3. The van der Waals surface area contributed by atoms with Gasteiger partial charge in [-0.05, 0) is 26.7 Å². The van der Waals surface area contributed by atoms with Gasteiger partial charge in [-0.2, -0.15) is 0 Å². The van der Waals surface area contributed by atoms with Crippen LogP contribution in [0.5, 0.6) is 0 Å². The van der Waals surface area contributed by atoms with Gasteiger partial charge in [-0.3, -0.25) is 14.4 Å². The zero-order chi connectivity index (χ0) is 15.8. The molecule has 1 heterocycles. The zero-order valence-electron chi connectivity index (χ0n) is 13.0. The van der Waals surface area contributed by atoms with Crippen LogP contribution >= 0.6 is 0 Å². The molecule has 2 amide bonds. The van der Waals surface area contributed by atoms with E-state index >= 15 is 0 Å². The van der Waals surface area contributed by atoms with Crippen molar-refractivity contribution in [2.45, 2.75) is 58.4 Å². The second-order valence-corrected chi connectivity index (χ2v) is 5.80. The fourth-order valence-electron chi connectivity index (χ4n) is 2.52. The van der Waals surface area contributed by atoms with Gasteiger partial charge in [0.15, 0.2) is 0 Å². The van der Waals surface area contributed by atoms with Crippen molar-refractivity contribution >= 4 is 17.8 Å². The van der Waals surface area contributed by atoms with Gasteiger partial charge in [0.25, 0.3) is 0 Å². The fourth-order valence-corrected chi connectivity index (χ4v) is 2.52. The normalized spacial score (nSPS) is 16.5. The minimum atomic E-state index is -0.921. The Labute approximate surface area is 126 Å². The molecule has 0 unspecified atom stereocenters. The fraction of sp³-hybridized carbons (Fsp3) is 0.800. The van der Waals surface area contributed by atoms with Crippen molar-refractivity contribution in [3.05, 3.63) is 0 Å². The van der Waals surface area contributed by atoms with Crippen molar-refractivity contribution in [1.29, 1.82) is 0 Å². The number of carboxylic acid groups (broad SMARTS) is 1. The molecule has 6 heteroatoms. The summed E-state index contributed by atoms with van der Waals surface area (Å²) in [7, 11) is 0. The number of amides is 2. The van der Waals surface area contributed by atoms with E-state index in [0.29, 0.717) is 13.0 Å². The van der Waals surface area contributed by atoms with E-state index in [-0.39, 0.29) is 37.4 Å². The van der Waals surface area contributed by atoms with E-state index in [1.165, 1.54) is 0 Å². The standard InChI is InChI=1S/C15H26N2O4/c1-12(2)17(10-8-15(20)21)14(19)11-16-9-6-4-3-5-7-13(16)18/h12H,3-11H2,1-2H3,(H,20,21). The monoisotopic (exact) mass is 298 g/mol. The number of likely N-dealkylation sites (tertiary alicyclic amines) is 1. The van der Waals surface area contributed by atoms with Crippen LogP contribution in [0.15, 0.2) is 0 Å². The lowest BCUT2D eigenvalue weighted by atomic mass is 10.1. The lowest BCUT2D eigenvalue weighted by Gasteiger charge is -2.30. The third-order valence-corrected chi connectivity index (χ3v) is 3.76. The highest BCUT2D eigenvalue weighted by Gasteiger charge is 2.23. The number of hydrogen-bond donors (Lipinski definition) is 1. The van der Waals surface area contributed by atoms with Gasteiger partial charge in [0.05, 0.1) is 13.0 Å². The van der Waals surface area contributed by atoms with E-state index < -0.39 is 5.97 Å². The topological polar surface area (TPSA) is 77.9 Å². The third kappa shape index (κ3) is 6.14. The van der Waals surface area contributed by atoms with E-state index in [1.54, 1.807) is 9.80 Å². The number of aliphatic carboxylic acids is 1. The van der Waals surface area contributed by atoms with Gasteiger partial charge in [0, 0.05) is 25.6 Å². The molecule has 0 aromatic heterocycles. The zero-order valence-corrected chi connectivity index (χ0v) is 13.0. The second-order valence-electron chi connectivity index (χ2n) is 5.80. The minimum Gasteiger partial charge on any atom is -0.481 e. The van der Waals surface area contributed by atoms with Crippen molar-refractivity contribution in [1.82, 2.24) is 9.80 Å². The molecular formula is C15H26N2O4. The van der Waals surface area contributed by atoms with Crippen LogP contribution in [0.2, 0.25) is 0 Å². The van der Waals surface area contributed by atoms with Gasteiger partial charge >= 0.3 is 5.97 Å². The first-order valence-corrected chi connectivity index (χ1v) is 7.71. The van der Waals surface area contributed by atoms with E-state index in [4.69, 9.17) is 5.11 Å². The number of carbonyl (C=O) groups is 3. The Kier molecular flexibility index (Phi) is 7.19. The summed E-state index contributed by atoms with van der Waals surface area (Å²) in [5.74, 6) is -1.05. The van der Waals surface area contributed by atoms with Gasteiger partial charge < -0.3 is 14.9 Å². The molecule has 0 bridgehead atoms. The number of carboxylic acids is 1. The van der Waals surface area contributed by atoms with E-state index in [0.717, 1.165) is 25.7 Å². The lowest BCUT2D eigenvalue weighted by molar-refractivity contribution is -0.143. The van der Waals surface area contributed by atoms with Crippen LogP contribution in [0.1, 0.15) is 52.4 Å². The third-order valence-electron chi connectivity index (χ3n) is 3.76. The predicted molar refractivity (Wildman–Crippen MR) is 78.8 cm³/mol. The van der Waals surface area contributed by atoms with Gasteiger partial charge in [-0.1, -0.05) is 12.8 Å². The van der Waals surface area contributed by atoms with Crippen molar-refractivity contribution in [3.8, 4) is 0 Å². The molecule has 0 spiro atoms. The first-order chi connectivity index (χ1) is 9.91. The molecule has 0 aromatic rings. The maximum absolute atomic E-state index is 12.3. The summed E-state index contributed by atoms with van der Waals surface area (Å²) in [5.41, 5.74) is 0. The van der Waals surface area contributed by atoms with Gasteiger partial charge in [-0.15, -0.1) is 0 Å². The summed E-state index contributed by atoms with van der Waals surface area (Å²) in [6.45, 7) is 4.59. The summed E-state index contributed by atoms with van der Waals surface area (Å²) in [6, 6.07) is -0.0679. The van der Waals surface area contributed by atoms with Crippen LogP contribution < -0.4 is 0 Å². The molecule has 120 valence electrons. The number of carbonyl (C=O) groups excluding carboxylic acids is 2. The lowest BCUT2D eigenvalue weighted by Crippen LogP contribution is -2.46. The molecule has 21 heavy (non-hydrogen) atoms. The van der Waals surface area contributed by atoms with Crippen molar-refractivity contribution in [2.24, 2.45) is 0 Å². The molecule has 0 aromatic carbocycles. The quantitative estimate of drug-likeness (QED) is 0.806. The maximum atomic E-state index is 12.3. The van der Waals surface area contributed by atoms with E-state index in [1.807, 2.05) is 13.8 Å². The molecule has 0 aliphatic carbocycles. The predicted octanol–water partition coefficient (Wildman–Crippen LogP) is 1.49. The minimum absolute atomic E-state index is 0.0324. The molecule has 0 saturated carbocycles. The first kappa shape index (κ1) is 17.5. The molecule has 1 N–H and O–H groups in total. The Morgan fingerprint density at radius 1 is 1.24 bits per heavy atom. The van der Waals surface area contributed by atoms with E-state index in [9.17, 15) is 14.4 Å². The van der Waals surface area contributed by atoms with Crippen LogP contribution in [0.3, 0.4) is 0 Å². The van der Waals surface area contributed by atoms with Crippen LogP contribution in [0.25, 0.3) is 0 Å². The Morgan fingerprint density at radius 2 is 1.90 bits per heavy atom. The molecule has 1 saturated heterocycles. The van der Waals surface area contributed by atoms with Crippen molar-refractivity contribution in [3.63, 3.8) is 0 Å². The Balaban J connectivity index is 2.61. The van der Waals surface area contributed by atoms with E-state index in [2.05, 4.69) is 0 Å². The highest BCUT2D eigenvalue weighted by molar-refractivity contribution is 5.85. The van der Waals surface area contributed by atoms with Crippen LogP contribution in [0, 0.1) is 0 Å². The summed E-state index contributed by atoms with van der Waals surface area (Å²) in [5, 5.41) is 8.76. The van der Waals surface area contributed by atoms with Crippen LogP contribution in [-0.2, 0) is 14.4 Å². The average molecular weight is 298 g/mol. The highest BCUT2D eigenvalue weighted by Crippen LogP contribution is 2.12. The smallest absolute Gasteiger partial charge is 0.305 e. The molecule has 1 fully saturated rings. The summed E-state index contributed by atoms with van der Waals surface area (Å²) in [6.07, 6.45) is 4.41. The molecule has 0 radical (unpaired) electrons. The van der Waals surface area contributed by atoms with Gasteiger partial charge in [0.1, 0.15) is 0 Å². The summed E-state index contributed by atoms with van der Waals surface area (Å²) in [4.78, 5) is 38.2. The van der Waals surface area contributed by atoms with Gasteiger partial charge in [0.2, 0.25) is 11.8 Å². The van der Waals surface area contributed by atoms with Crippen LogP contribution in [-0.4, -0.2) is 58.4 Å². The Bertz CT molecular complexity index is 382. The highest BCUT2D eigenvalue weighted by atomic mass is 16.4. The number of rotatable bonds is 6. The molecule has 6 nitrogen and oxygen atoms in total. The molecule has 1 aliphatic heterocycles. The Morgan fingerprint density at radius 3 is 2.52 bits per heavy atom. The SMILES string of the molecule is CC(C)N(CCC(=O)O)C(=O)CN1CCCCCCC1=O. The van der Waals surface area contributed by atoms with Crippen molar-refractivity contribution in [2.75, 3.05) is 19.6 Å². The molecular weight excluding hydrogens is 272 g/mol. The first-order valence-electron chi connectivity index (χ1n) is 7.71. The average Bonchev–Trinajstić information content (AvgIpc) is 2.38. The largest absolute Gasteiger partial charge is 0.481 e. The van der Waals surface area contributed by atoms with Gasteiger partial charge in [-0.25, -0.2) is 0 Å². The maximum Gasteiger partial charge on any atom is 0.305 e. The van der Waals surface area contributed by atoms with Crippen molar-refractivity contribution < 1.29 is 19.5 Å². The number of nitrogens with zero attached hydrogens (tertiary/aromatic N) is 2. The molecule has 1 aliphatic rings. The Hall–Kier alpha value is -1.59. The summed E-state index contributed by atoms with van der Waals surface area (Å²) < 4.78 is 0. The summed E-state index contributed by atoms with van der Waals surface area (Å²) >= 11 is 0. The van der Waals surface area contributed by atoms with Crippen LogP contribution in [0.4, 0.5) is 0 Å². The molecule has 1 rings (SSSR count).